The molecule has 2 aromatic carbocycles. The van der Waals surface area contributed by atoms with Crippen molar-refractivity contribution in [1.82, 2.24) is 35.0 Å². The van der Waals surface area contributed by atoms with Crippen molar-refractivity contribution >= 4 is 11.8 Å². The predicted octanol–water partition coefficient (Wildman–Crippen LogP) is 4.28. The molecule has 0 aliphatic rings. The van der Waals surface area contributed by atoms with E-state index >= 15 is 0 Å². The first kappa shape index (κ1) is 22.0. The lowest BCUT2D eigenvalue weighted by atomic mass is 10.1. The van der Waals surface area contributed by atoms with Crippen LogP contribution in [0, 0.1) is 0 Å². The number of aryl methyl sites for hydroxylation is 2. The van der Waals surface area contributed by atoms with Crippen molar-refractivity contribution in [2.45, 2.75) is 50.2 Å². The van der Waals surface area contributed by atoms with Crippen LogP contribution in [-0.4, -0.2) is 42.1 Å². The number of hydrogen-bond donors (Lipinski definition) is 0. The van der Waals surface area contributed by atoms with Gasteiger partial charge >= 0.3 is 0 Å². The number of tetrazole rings is 1. The van der Waals surface area contributed by atoms with Gasteiger partial charge in [-0.3, -0.25) is 0 Å². The van der Waals surface area contributed by atoms with Gasteiger partial charge in [-0.15, -0.1) is 15.3 Å². The second kappa shape index (κ2) is 10.9. The molecule has 0 aliphatic carbocycles. The van der Waals surface area contributed by atoms with Crippen molar-refractivity contribution in [2.24, 2.45) is 0 Å². The Morgan fingerprint density at radius 1 is 0.938 bits per heavy atom. The summed E-state index contributed by atoms with van der Waals surface area (Å²) in [6, 6.07) is 18.3. The van der Waals surface area contributed by atoms with Crippen molar-refractivity contribution in [2.75, 3.05) is 7.11 Å². The average Bonchev–Trinajstić information content (AvgIpc) is 3.46. The molecule has 0 radical (unpaired) electrons. The zero-order valence-electron chi connectivity index (χ0n) is 18.4. The Balaban J connectivity index is 1.60. The molecule has 9 heteroatoms. The number of hydrogen-bond acceptors (Lipinski definition) is 7. The maximum absolute atomic E-state index is 5.58. The molecule has 0 unspecified atom stereocenters. The van der Waals surface area contributed by atoms with Gasteiger partial charge in [0, 0.05) is 13.1 Å². The second-order valence-electron chi connectivity index (χ2n) is 7.35. The summed E-state index contributed by atoms with van der Waals surface area (Å²) in [5.74, 6) is 3.05. The molecule has 8 nitrogen and oxygen atoms in total. The third kappa shape index (κ3) is 5.16. The Hall–Kier alpha value is -3.20. The standard InChI is InChI=1S/C23H27N7OS/c1-3-4-15-30-21(24-27-28-30)17-32-23-26-25-22(19-12-8-9-13-20(19)31-2)29(23)16-14-18-10-6-5-7-11-18/h5-13H,3-4,14-17H2,1-2H3. The number of benzene rings is 2. The Morgan fingerprint density at radius 3 is 2.56 bits per heavy atom. The minimum Gasteiger partial charge on any atom is -0.496 e. The third-order valence-electron chi connectivity index (χ3n) is 5.19. The fourth-order valence-electron chi connectivity index (χ4n) is 3.45. The van der Waals surface area contributed by atoms with Gasteiger partial charge in [-0.05, 0) is 41.0 Å². The van der Waals surface area contributed by atoms with Gasteiger partial charge in [-0.1, -0.05) is 67.6 Å². The highest BCUT2D eigenvalue weighted by Gasteiger charge is 2.18. The minimum atomic E-state index is 0.631. The first-order chi connectivity index (χ1) is 15.8. The van der Waals surface area contributed by atoms with Gasteiger partial charge in [0.1, 0.15) is 5.75 Å². The molecule has 0 aliphatic heterocycles. The van der Waals surface area contributed by atoms with Crippen LogP contribution in [-0.2, 0) is 25.3 Å². The number of thioether (sulfide) groups is 1. The van der Waals surface area contributed by atoms with Crippen LogP contribution in [0.4, 0.5) is 0 Å². The SMILES string of the molecule is CCCCn1nnnc1CSc1nnc(-c2ccccc2OC)n1CCc1ccccc1. The topological polar surface area (TPSA) is 83.5 Å². The van der Waals surface area contributed by atoms with E-state index in [1.165, 1.54) is 5.56 Å². The molecule has 4 rings (SSSR count). The molecular formula is C23H27N7OS. The predicted molar refractivity (Wildman–Crippen MR) is 124 cm³/mol. The third-order valence-corrected chi connectivity index (χ3v) is 6.15. The van der Waals surface area contributed by atoms with Crippen molar-refractivity contribution in [1.29, 1.82) is 0 Å². The summed E-state index contributed by atoms with van der Waals surface area (Å²) >= 11 is 1.60. The zero-order valence-corrected chi connectivity index (χ0v) is 19.2. The zero-order chi connectivity index (χ0) is 22.2. The monoisotopic (exact) mass is 449 g/mol. The highest BCUT2D eigenvalue weighted by Crippen LogP contribution is 2.31. The second-order valence-corrected chi connectivity index (χ2v) is 8.30. The summed E-state index contributed by atoms with van der Waals surface area (Å²) < 4.78 is 9.62. The molecule has 166 valence electrons. The molecule has 0 amide bonds. The highest BCUT2D eigenvalue weighted by atomic mass is 32.2. The van der Waals surface area contributed by atoms with Gasteiger partial charge < -0.3 is 9.30 Å². The van der Waals surface area contributed by atoms with Crippen molar-refractivity contribution in [3.63, 3.8) is 0 Å². The fraction of sp³-hybridized carbons (Fsp3) is 0.348. The maximum Gasteiger partial charge on any atom is 0.191 e. The molecule has 0 bridgehead atoms. The summed E-state index contributed by atoms with van der Waals surface area (Å²) in [7, 11) is 1.68. The number of unbranched alkanes of at least 4 members (excludes halogenated alkanes) is 1. The molecule has 4 aromatic rings. The Kier molecular flexibility index (Phi) is 7.50. The molecule has 0 saturated heterocycles. The number of para-hydroxylation sites is 1. The van der Waals surface area contributed by atoms with E-state index in [2.05, 4.69) is 61.5 Å². The Bertz CT molecular complexity index is 1130. The highest BCUT2D eigenvalue weighted by molar-refractivity contribution is 7.98. The van der Waals surface area contributed by atoms with Crippen LogP contribution in [0.1, 0.15) is 31.2 Å². The lowest BCUT2D eigenvalue weighted by Gasteiger charge is -2.12. The number of rotatable bonds is 11. The molecule has 0 spiro atoms. The molecule has 2 heterocycles. The minimum absolute atomic E-state index is 0.631. The van der Waals surface area contributed by atoms with Crippen LogP contribution in [0.3, 0.4) is 0 Å². The molecule has 0 fully saturated rings. The molecule has 0 atom stereocenters. The van der Waals surface area contributed by atoms with Crippen LogP contribution in [0.2, 0.25) is 0 Å². The summed E-state index contributed by atoms with van der Waals surface area (Å²) in [4.78, 5) is 0. The van der Waals surface area contributed by atoms with E-state index < -0.39 is 0 Å². The van der Waals surface area contributed by atoms with Crippen LogP contribution >= 0.6 is 11.8 Å². The Labute approximate surface area is 192 Å². The van der Waals surface area contributed by atoms with E-state index in [-0.39, 0.29) is 0 Å². The van der Waals surface area contributed by atoms with E-state index in [0.717, 1.165) is 60.5 Å². The average molecular weight is 450 g/mol. The van der Waals surface area contributed by atoms with Crippen LogP contribution < -0.4 is 4.74 Å². The summed E-state index contributed by atoms with van der Waals surface area (Å²) in [6.07, 6.45) is 3.03. The van der Waals surface area contributed by atoms with Crippen molar-refractivity contribution in [3.8, 4) is 17.1 Å². The van der Waals surface area contributed by atoms with Gasteiger partial charge in [0.25, 0.3) is 0 Å². The maximum atomic E-state index is 5.58. The molecular weight excluding hydrogens is 422 g/mol. The molecule has 2 aromatic heterocycles. The van der Waals surface area contributed by atoms with Gasteiger partial charge in [0.2, 0.25) is 0 Å². The summed E-state index contributed by atoms with van der Waals surface area (Å²) in [6.45, 7) is 3.74. The van der Waals surface area contributed by atoms with E-state index in [4.69, 9.17) is 4.74 Å². The van der Waals surface area contributed by atoms with E-state index in [1.807, 2.05) is 35.0 Å². The summed E-state index contributed by atoms with van der Waals surface area (Å²) in [5, 5.41) is 22.1. The molecule has 32 heavy (non-hydrogen) atoms. The van der Waals surface area contributed by atoms with Crippen LogP contribution in [0.5, 0.6) is 5.75 Å². The summed E-state index contributed by atoms with van der Waals surface area (Å²) in [5.41, 5.74) is 2.20. The van der Waals surface area contributed by atoms with Gasteiger partial charge in [0.05, 0.1) is 18.4 Å². The first-order valence-corrected chi connectivity index (χ1v) is 11.8. The van der Waals surface area contributed by atoms with Gasteiger partial charge in [-0.25, -0.2) is 4.68 Å². The van der Waals surface area contributed by atoms with Crippen LogP contribution in [0.15, 0.2) is 59.8 Å². The number of nitrogens with zero attached hydrogens (tertiary/aromatic N) is 7. The number of aromatic nitrogens is 7. The largest absolute Gasteiger partial charge is 0.496 e. The van der Waals surface area contributed by atoms with E-state index in [1.54, 1.807) is 18.9 Å². The van der Waals surface area contributed by atoms with Crippen LogP contribution in [0.25, 0.3) is 11.4 Å². The van der Waals surface area contributed by atoms with Gasteiger partial charge in [0.15, 0.2) is 16.8 Å². The van der Waals surface area contributed by atoms with E-state index in [9.17, 15) is 0 Å². The molecule has 0 saturated carbocycles. The quantitative estimate of drug-likeness (QED) is 0.316. The Morgan fingerprint density at radius 2 is 1.75 bits per heavy atom. The van der Waals surface area contributed by atoms with Crippen molar-refractivity contribution < 1.29 is 4.74 Å². The number of ether oxygens (including phenoxy) is 1. The van der Waals surface area contributed by atoms with E-state index in [0.29, 0.717) is 5.75 Å². The molecule has 0 N–H and O–H groups in total. The normalized spacial score (nSPS) is 11.1. The lowest BCUT2D eigenvalue weighted by Crippen LogP contribution is -2.07. The fourth-order valence-corrected chi connectivity index (χ4v) is 4.35. The lowest BCUT2D eigenvalue weighted by molar-refractivity contribution is 0.415. The van der Waals surface area contributed by atoms with Crippen molar-refractivity contribution in [3.05, 3.63) is 66.0 Å². The number of methoxy groups -OCH3 is 1. The smallest absolute Gasteiger partial charge is 0.191 e. The van der Waals surface area contributed by atoms with Gasteiger partial charge in [-0.2, -0.15) is 0 Å². The first-order valence-electron chi connectivity index (χ1n) is 10.8.